The van der Waals surface area contributed by atoms with Crippen LogP contribution in [0.15, 0.2) is 48.8 Å². The van der Waals surface area contributed by atoms with Crippen LogP contribution < -0.4 is 26.2 Å². The van der Waals surface area contributed by atoms with Crippen LogP contribution >= 0.6 is 11.6 Å². The number of rotatable bonds is 22. The third-order valence-corrected chi connectivity index (χ3v) is 12.2. The van der Waals surface area contributed by atoms with Crippen LogP contribution in [-0.2, 0) is 33.4 Å². The Morgan fingerprint density at radius 3 is 2.32 bits per heavy atom. The molecule has 6 amide bonds. The minimum absolute atomic E-state index is 0.00268. The molecule has 3 aliphatic heterocycles. The molecule has 4 heterocycles. The van der Waals surface area contributed by atoms with Crippen molar-refractivity contribution in [3.8, 4) is 0 Å². The zero-order chi connectivity index (χ0) is 45.9. The number of benzene rings is 2. The van der Waals surface area contributed by atoms with Crippen LogP contribution in [0.2, 0.25) is 5.02 Å². The normalized spacial score (nSPS) is 19.9. The lowest BCUT2D eigenvalue weighted by Crippen LogP contribution is -2.54. The van der Waals surface area contributed by atoms with Crippen LogP contribution in [-0.4, -0.2) is 158 Å². The van der Waals surface area contributed by atoms with Gasteiger partial charge in [-0.2, -0.15) is 0 Å². The number of hydrogen-bond acceptors (Lipinski definition) is 15. The van der Waals surface area contributed by atoms with Crippen LogP contribution in [0.3, 0.4) is 0 Å². The smallest absolute Gasteiger partial charge is 0.264 e. The highest BCUT2D eigenvalue weighted by molar-refractivity contribution is 6.30. The summed E-state index contributed by atoms with van der Waals surface area (Å²) in [6.07, 6.45) is 1.91. The van der Waals surface area contributed by atoms with Crippen molar-refractivity contribution >= 4 is 58.5 Å². The molecule has 0 saturated carbocycles. The van der Waals surface area contributed by atoms with Gasteiger partial charge in [-0.15, -0.1) is 0 Å². The van der Waals surface area contributed by atoms with Gasteiger partial charge in [0, 0.05) is 81.5 Å². The van der Waals surface area contributed by atoms with E-state index in [4.69, 9.17) is 25.8 Å². The van der Waals surface area contributed by atoms with Gasteiger partial charge in [-0.05, 0) is 48.6 Å². The molecule has 2 saturated heterocycles. The van der Waals surface area contributed by atoms with Crippen molar-refractivity contribution in [1.29, 1.82) is 0 Å². The largest absolute Gasteiger partial charge is 0.387 e. The highest BCUT2D eigenvalue weighted by Crippen LogP contribution is 2.43. The molecule has 65 heavy (non-hydrogen) atoms. The van der Waals surface area contributed by atoms with Crippen molar-refractivity contribution in [2.24, 2.45) is 0 Å². The van der Waals surface area contributed by atoms with Gasteiger partial charge < -0.3 is 45.1 Å². The topological polar surface area (TPSA) is 234 Å². The number of nitrogens with one attached hydrogen (secondary N) is 4. The predicted octanol–water partition coefficient (Wildman–Crippen LogP) is 1.76. The number of halogens is 1. The van der Waals surface area contributed by atoms with Crippen molar-refractivity contribution < 1.29 is 48.1 Å². The summed E-state index contributed by atoms with van der Waals surface area (Å²) in [5.74, 6) is -1.85. The van der Waals surface area contributed by atoms with Crippen LogP contribution in [0.1, 0.15) is 88.1 Å². The molecular formula is C45H56ClN9O10. The summed E-state index contributed by atoms with van der Waals surface area (Å²) in [6, 6.07) is 11.1. The van der Waals surface area contributed by atoms with Crippen LogP contribution in [0.4, 0.5) is 11.5 Å². The number of ether oxygens (including phenoxy) is 3. The first-order valence-corrected chi connectivity index (χ1v) is 22.5. The molecule has 2 fully saturated rings. The number of nitrogens with zero attached hydrogens (tertiary/aromatic N) is 5. The first kappa shape index (κ1) is 47.4. The number of aliphatic hydroxyl groups is 1. The van der Waals surface area contributed by atoms with E-state index in [0.29, 0.717) is 115 Å². The van der Waals surface area contributed by atoms with Gasteiger partial charge in [0.1, 0.15) is 18.2 Å². The Bertz CT molecular complexity index is 2210. The van der Waals surface area contributed by atoms with Crippen LogP contribution in [0.5, 0.6) is 0 Å². The number of aliphatic hydroxyl groups excluding tert-OH is 1. The number of carbonyl (C=O) groups is 6. The molecule has 3 aromatic rings. The number of imide groups is 2. The number of amides is 6. The fourth-order valence-corrected chi connectivity index (χ4v) is 8.74. The molecule has 7 rings (SSSR count). The summed E-state index contributed by atoms with van der Waals surface area (Å²) >= 11 is 6.17. The van der Waals surface area contributed by atoms with Gasteiger partial charge >= 0.3 is 0 Å². The highest BCUT2D eigenvalue weighted by atomic mass is 35.5. The summed E-state index contributed by atoms with van der Waals surface area (Å²) in [5, 5.41) is 22.5. The van der Waals surface area contributed by atoms with E-state index in [1.165, 1.54) is 6.33 Å². The van der Waals surface area contributed by atoms with Gasteiger partial charge in [0.05, 0.1) is 68.5 Å². The first-order chi connectivity index (χ1) is 31.5. The van der Waals surface area contributed by atoms with Gasteiger partial charge in [-0.3, -0.25) is 39.0 Å². The van der Waals surface area contributed by atoms with Crippen LogP contribution in [0.25, 0.3) is 0 Å². The number of carbonyl (C=O) groups excluding carboxylic acids is 6. The van der Waals surface area contributed by atoms with Crippen LogP contribution in [0, 0.1) is 0 Å². The molecule has 4 atom stereocenters. The molecule has 1 aliphatic carbocycles. The number of anilines is 2. The number of piperidine rings is 1. The van der Waals surface area contributed by atoms with E-state index in [1.807, 2.05) is 17.0 Å². The van der Waals surface area contributed by atoms with E-state index in [-0.39, 0.29) is 48.1 Å². The van der Waals surface area contributed by atoms with E-state index in [1.54, 1.807) is 30.3 Å². The van der Waals surface area contributed by atoms with Gasteiger partial charge in [-0.1, -0.05) is 36.7 Å². The molecule has 0 bridgehead atoms. The molecule has 20 heteroatoms. The molecule has 4 aliphatic rings. The Kier molecular flexibility index (Phi) is 16.4. The second-order valence-corrected chi connectivity index (χ2v) is 16.7. The van der Waals surface area contributed by atoms with Crippen molar-refractivity contribution in [3.63, 3.8) is 0 Å². The van der Waals surface area contributed by atoms with Gasteiger partial charge in [0.15, 0.2) is 0 Å². The lowest BCUT2D eigenvalue weighted by molar-refractivity contribution is -0.136. The zero-order valence-electron chi connectivity index (χ0n) is 36.4. The Balaban J connectivity index is 0.725. The highest BCUT2D eigenvalue weighted by Gasteiger charge is 2.45. The Morgan fingerprint density at radius 1 is 0.892 bits per heavy atom. The minimum atomic E-state index is -1.03. The van der Waals surface area contributed by atoms with Crippen molar-refractivity contribution in [2.75, 3.05) is 102 Å². The maximum absolute atomic E-state index is 14.0. The van der Waals surface area contributed by atoms with E-state index in [0.717, 1.165) is 21.8 Å². The van der Waals surface area contributed by atoms with Crippen molar-refractivity contribution in [1.82, 2.24) is 35.7 Å². The molecule has 19 nitrogen and oxygen atoms in total. The van der Waals surface area contributed by atoms with E-state index >= 15 is 0 Å². The Hall–Kier alpha value is -5.57. The average molecular weight is 918 g/mol. The lowest BCUT2D eigenvalue weighted by atomic mass is 9.97. The molecule has 4 unspecified atom stereocenters. The van der Waals surface area contributed by atoms with Crippen molar-refractivity contribution in [3.05, 3.63) is 81.8 Å². The molecule has 5 N–H and O–H groups in total. The predicted molar refractivity (Wildman–Crippen MR) is 238 cm³/mol. The average Bonchev–Trinajstić information content (AvgIpc) is 3.74. The van der Waals surface area contributed by atoms with Gasteiger partial charge in [0.25, 0.3) is 11.8 Å². The SMILES string of the molecule is CC1CC(O)c2ncnc(N3CCN(C(=O)C(CNCCC(=O)NCCOCCOCCOCCNc4cccc5c4C(=O)N(C4CCC(=O)NC4=O)C5=O)c4ccc(Cl)cc4)CC3)c21. The quantitative estimate of drug-likeness (QED) is 0.0714. The van der Waals surface area contributed by atoms with Gasteiger partial charge in [0.2, 0.25) is 23.6 Å². The molecule has 0 spiro atoms. The molecule has 348 valence electrons. The maximum atomic E-state index is 14.0. The molecule has 2 aromatic carbocycles. The molecule has 1 aromatic heterocycles. The Morgan fingerprint density at radius 2 is 1.60 bits per heavy atom. The lowest BCUT2D eigenvalue weighted by Gasteiger charge is -2.38. The molecular weight excluding hydrogens is 862 g/mol. The summed E-state index contributed by atoms with van der Waals surface area (Å²) in [7, 11) is 0. The third-order valence-electron chi connectivity index (χ3n) is 12.0. The monoisotopic (exact) mass is 917 g/mol. The number of hydrogen-bond donors (Lipinski definition) is 5. The standard InChI is InChI=1S/C45H56ClN9O10/c1-28-25-35(56)40-38(28)41(51-27-50-40)53-15-17-54(18-16-53)43(60)32(29-5-7-30(46)8-6-29)26-47-12-11-36(57)49-14-20-64-22-24-65-23-21-63-19-13-48-33-4-2-3-31-39(33)45(62)55(44(31)61)34-9-10-37(58)52-42(34)59/h2-8,27-28,32,34-35,47-48,56H,9-26H2,1H3,(H,49,57)(H,52,58,59). The fraction of sp³-hybridized carbons (Fsp3) is 0.511. The first-order valence-electron chi connectivity index (χ1n) is 22.1. The Labute approximate surface area is 381 Å². The zero-order valence-corrected chi connectivity index (χ0v) is 37.1. The second-order valence-electron chi connectivity index (χ2n) is 16.3. The fourth-order valence-electron chi connectivity index (χ4n) is 8.62. The van der Waals surface area contributed by atoms with E-state index in [2.05, 4.69) is 43.1 Å². The minimum Gasteiger partial charge on any atom is -0.387 e. The third kappa shape index (κ3) is 11.6. The summed E-state index contributed by atoms with van der Waals surface area (Å²) in [5.41, 5.74) is 3.37. The van der Waals surface area contributed by atoms with Gasteiger partial charge in [-0.25, -0.2) is 9.97 Å². The van der Waals surface area contributed by atoms with E-state index in [9.17, 15) is 33.9 Å². The second kappa shape index (κ2) is 22.6. The number of piperazine rings is 1. The number of aromatic nitrogens is 2. The summed E-state index contributed by atoms with van der Waals surface area (Å²) < 4.78 is 16.8. The molecule has 0 radical (unpaired) electrons. The summed E-state index contributed by atoms with van der Waals surface area (Å²) in [6.45, 7) is 7.71. The maximum Gasteiger partial charge on any atom is 0.264 e. The van der Waals surface area contributed by atoms with E-state index < -0.39 is 41.7 Å². The number of fused-ring (bicyclic) bond motifs is 2. The summed E-state index contributed by atoms with van der Waals surface area (Å²) in [4.78, 5) is 90.6. The van der Waals surface area contributed by atoms with Crippen molar-refractivity contribution in [2.45, 2.75) is 56.6 Å².